The van der Waals surface area contributed by atoms with E-state index in [2.05, 4.69) is 10.3 Å². The van der Waals surface area contributed by atoms with Crippen molar-refractivity contribution in [1.29, 1.82) is 0 Å². The van der Waals surface area contributed by atoms with Crippen molar-refractivity contribution in [3.05, 3.63) is 52.8 Å². The van der Waals surface area contributed by atoms with Crippen molar-refractivity contribution in [3.8, 4) is 0 Å². The first-order valence-electron chi connectivity index (χ1n) is 9.41. The van der Waals surface area contributed by atoms with E-state index in [9.17, 15) is 9.59 Å². The van der Waals surface area contributed by atoms with Gasteiger partial charge < -0.3 is 10.1 Å². The van der Waals surface area contributed by atoms with Gasteiger partial charge in [-0.15, -0.1) is 11.3 Å². The lowest BCUT2D eigenvalue weighted by Crippen LogP contribution is -2.16. The summed E-state index contributed by atoms with van der Waals surface area (Å²) in [5, 5.41) is 3.91. The summed E-state index contributed by atoms with van der Waals surface area (Å²) in [7, 11) is 1.32. The molecule has 4 rings (SSSR count). The van der Waals surface area contributed by atoms with Crippen LogP contribution in [0.3, 0.4) is 0 Å². The van der Waals surface area contributed by atoms with Gasteiger partial charge in [0.2, 0.25) is 0 Å². The molecule has 0 unspecified atom stereocenters. The Morgan fingerprint density at radius 2 is 2.00 bits per heavy atom. The molecule has 0 bridgehead atoms. The highest BCUT2D eigenvalue weighted by Crippen LogP contribution is 2.38. The number of methoxy groups -OCH3 is 1. The number of hydrogen-bond donors (Lipinski definition) is 1. The maximum atomic E-state index is 12.5. The summed E-state index contributed by atoms with van der Waals surface area (Å²) in [6, 6.07) is 8.63. The molecule has 1 fully saturated rings. The van der Waals surface area contributed by atoms with Crippen LogP contribution < -0.4 is 5.32 Å². The number of anilines is 1. The summed E-state index contributed by atoms with van der Waals surface area (Å²) in [4.78, 5) is 33.7. The van der Waals surface area contributed by atoms with E-state index >= 15 is 0 Å². The maximum absolute atomic E-state index is 12.5. The zero-order valence-electron chi connectivity index (χ0n) is 15.6. The molecule has 2 heterocycles. The van der Waals surface area contributed by atoms with E-state index in [1.165, 1.54) is 26.4 Å². The van der Waals surface area contributed by atoms with Crippen LogP contribution in [-0.2, 0) is 4.74 Å². The summed E-state index contributed by atoms with van der Waals surface area (Å²) in [6.45, 7) is 0. The molecule has 1 aromatic carbocycles. The minimum absolute atomic E-state index is 0.283. The standard InChI is InChI=1S/C21H21N3O3S/c1-27-21(26)14-11-17-18(28-20(24-17)13-7-3-2-4-8-13)12-16(14)23-19(25)15-9-5-6-10-22-15/h5-6,9-13H,2-4,7-8H2,1H3,(H,23,25). The third kappa shape index (κ3) is 3.75. The summed E-state index contributed by atoms with van der Waals surface area (Å²) >= 11 is 1.64. The number of aromatic nitrogens is 2. The molecule has 0 aliphatic heterocycles. The van der Waals surface area contributed by atoms with Gasteiger partial charge in [0.25, 0.3) is 5.91 Å². The SMILES string of the molecule is COC(=O)c1cc2nc(C3CCCCC3)sc2cc1NC(=O)c1ccccn1. The van der Waals surface area contributed by atoms with Crippen LogP contribution in [0.5, 0.6) is 0 Å². The van der Waals surface area contributed by atoms with Crippen LogP contribution in [0.2, 0.25) is 0 Å². The Morgan fingerprint density at radius 1 is 1.18 bits per heavy atom. The highest BCUT2D eigenvalue weighted by molar-refractivity contribution is 7.18. The van der Waals surface area contributed by atoms with E-state index in [0.717, 1.165) is 28.1 Å². The number of hydrogen-bond acceptors (Lipinski definition) is 6. The van der Waals surface area contributed by atoms with Crippen molar-refractivity contribution in [2.75, 3.05) is 12.4 Å². The van der Waals surface area contributed by atoms with Crippen LogP contribution in [0.15, 0.2) is 36.5 Å². The fourth-order valence-electron chi connectivity index (χ4n) is 3.58. The number of nitrogens with zero attached hydrogens (tertiary/aromatic N) is 2. The molecule has 0 spiro atoms. The number of thiazole rings is 1. The van der Waals surface area contributed by atoms with Crippen molar-refractivity contribution in [2.45, 2.75) is 38.0 Å². The van der Waals surface area contributed by atoms with E-state index in [4.69, 9.17) is 9.72 Å². The van der Waals surface area contributed by atoms with Gasteiger partial charge in [-0.05, 0) is 37.1 Å². The maximum Gasteiger partial charge on any atom is 0.340 e. The number of benzene rings is 1. The summed E-state index contributed by atoms with van der Waals surface area (Å²) in [6.07, 6.45) is 7.63. The predicted molar refractivity (Wildman–Crippen MR) is 109 cm³/mol. The fourth-order valence-corrected chi connectivity index (χ4v) is 4.74. The second-order valence-corrected chi connectivity index (χ2v) is 7.98. The molecule has 7 heteroatoms. The summed E-state index contributed by atoms with van der Waals surface area (Å²) in [5.41, 5.74) is 1.75. The van der Waals surface area contributed by atoms with Gasteiger partial charge >= 0.3 is 5.97 Å². The lowest BCUT2D eigenvalue weighted by atomic mass is 9.90. The quantitative estimate of drug-likeness (QED) is 0.643. The topological polar surface area (TPSA) is 81.2 Å². The molecule has 1 N–H and O–H groups in total. The van der Waals surface area contributed by atoms with Crippen molar-refractivity contribution in [3.63, 3.8) is 0 Å². The Kier molecular flexibility index (Phi) is 5.34. The highest BCUT2D eigenvalue weighted by Gasteiger charge is 2.22. The molecule has 3 aromatic rings. The Balaban J connectivity index is 1.71. The number of esters is 1. The van der Waals surface area contributed by atoms with Gasteiger partial charge in [0, 0.05) is 12.1 Å². The lowest BCUT2D eigenvalue weighted by Gasteiger charge is -2.18. The Hall–Kier alpha value is -2.80. The summed E-state index contributed by atoms with van der Waals surface area (Å²) < 4.78 is 5.85. The van der Waals surface area contributed by atoms with Crippen molar-refractivity contribution >= 4 is 39.1 Å². The van der Waals surface area contributed by atoms with E-state index in [0.29, 0.717) is 17.2 Å². The summed E-state index contributed by atoms with van der Waals surface area (Å²) in [5.74, 6) is -0.396. The second-order valence-electron chi connectivity index (χ2n) is 6.91. The van der Waals surface area contributed by atoms with Crippen LogP contribution in [-0.4, -0.2) is 29.0 Å². The lowest BCUT2D eigenvalue weighted by molar-refractivity contribution is 0.0602. The first-order valence-corrected chi connectivity index (χ1v) is 10.2. The van der Waals surface area contributed by atoms with E-state index in [1.54, 1.807) is 41.8 Å². The van der Waals surface area contributed by atoms with Crippen LogP contribution >= 0.6 is 11.3 Å². The second kappa shape index (κ2) is 8.06. The van der Waals surface area contributed by atoms with E-state index in [1.807, 2.05) is 6.07 Å². The molecule has 1 amide bonds. The number of nitrogens with one attached hydrogen (secondary N) is 1. The number of pyridine rings is 1. The average molecular weight is 395 g/mol. The molecule has 0 radical (unpaired) electrons. The van der Waals surface area contributed by atoms with Crippen LogP contribution in [0, 0.1) is 0 Å². The first-order chi connectivity index (χ1) is 13.7. The molecular weight excluding hydrogens is 374 g/mol. The van der Waals surface area contributed by atoms with Gasteiger partial charge in [-0.2, -0.15) is 0 Å². The van der Waals surface area contributed by atoms with Gasteiger partial charge in [0.15, 0.2) is 0 Å². The number of amides is 1. The third-order valence-electron chi connectivity index (χ3n) is 5.05. The number of ether oxygens (including phenoxy) is 1. The molecule has 1 aliphatic rings. The van der Waals surface area contributed by atoms with Crippen LogP contribution in [0.25, 0.3) is 10.2 Å². The van der Waals surface area contributed by atoms with Crippen molar-refractivity contribution in [2.24, 2.45) is 0 Å². The Morgan fingerprint density at radius 3 is 2.71 bits per heavy atom. The Bertz CT molecular complexity index is 1010. The van der Waals surface area contributed by atoms with Crippen LogP contribution in [0.1, 0.15) is 63.9 Å². The zero-order valence-corrected chi connectivity index (χ0v) is 16.4. The average Bonchev–Trinajstić information content (AvgIpc) is 3.17. The number of rotatable bonds is 4. The minimum Gasteiger partial charge on any atom is -0.465 e. The molecule has 144 valence electrons. The molecule has 28 heavy (non-hydrogen) atoms. The highest BCUT2D eigenvalue weighted by atomic mass is 32.1. The largest absolute Gasteiger partial charge is 0.465 e. The van der Waals surface area contributed by atoms with E-state index < -0.39 is 5.97 Å². The van der Waals surface area contributed by atoms with Gasteiger partial charge in [-0.1, -0.05) is 25.3 Å². The molecule has 2 aromatic heterocycles. The first kappa shape index (κ1) is 18.6. The van der Waals surface area contributed by atoms with Crippen molar-refractivity contribution < 1.29 is 14.3 Å². The molecule has 1 saturated carbocycles. The van der Waals surface area contributed by atoms with Gasteiger partial charge in [-0.25, -0.2) is 9.78 Å². The normalized spacial score (nSPS) is 14.8. The predicted octanol–water partition coefficient (Wildman–Crippen LogP) is 4.78. The van der Waals surface area contributed by atoms with E-state index in [-0.39, 0.29) is 11.6 Å². The molecule has 6 nitrogen and oxygen atoms in total. The van der Waals surface area contributed by atoms with Crippen molar-refractivity contribution in [1.82, 2.24) is 9.97 Å². The number of carbonyl (C=O) groups is 2. The van der Waals surface area contributed by atoms with Gasteiger partial charge in [0.05, 0.1) is 33.6 Å². The van der Waals surface area contributed by atoms with Gasteiger partial charge in [0.1, 0.15) is 5.69 Å². The monoisotopic (exact) mass is 395 g/mol. The third-order valence-corrected chi connectivity index (χ3v) is 6.23. The van der Waals surface area contributed by atoms with Gasteiger partial charge in [-0.3, -0.25) is 9.78 Å². The van der Waals surface area contributed by atoms with Crippen LogP contribution in [0.4, 0.5) is 5.69 Å². The smallest absolute Gasteiger partial charge is 0.340 e. The zero-order chi connectivity index (χ0) is 19.5. The Labute approximate surface area is 167 Å². The molecular formula is C21H21N3O3S. The fraction of sp³-hybridized carbons (Fsp3) is 0.333. The molecule has 1 aliphatic carbocycles. The molecule has 0 saturated heterocycles. The minimum atomic E-state index is -0.509. The molecule has 0 atom stereocenters. The number of fused-ring (bicyclic) bond motifs is 1. The number of carbonyl (C=O) groups excluding carboxylic acids is 2.